The minimum absolute atomic E-state index is 0.163. The molecule has 1 unspecified atom stereocenters. The predicted octanol–water partition coefficient (Wildman–Crippen LogP) is 2.94. The second-order valence-electron chi connectivity index (χ2n) is 6.06. The molecule has 2 aromatic rings. The molecule has 5 nitrogen and oxygen atoms in total. The van der Waals surface area contributed by atoms with Gasteiger partial charge in [0.15, 0.2) is 0 Å². The normalized spacial score (nSPS) is 16.4. The van der Waals surface area contributed by atoms with E-state index in [2.05, 4.69) is 33.9 Å². The monoisotopic (exact) mass is 329 g/mol. The van der Waals surface area contributed by atoms with Gasteiger partial charge in [-0.2, -0.15) is 0 Å². The van der Waals surface area contributed by atoms with Gasteiger partial charge in [-0.25, -0.2) is 4.79 Å². The van der Waals surface area contributed by atoms with Gasteiger partial charge in [-0.15, -0.1) is 0 Å². The Morgan fingerprint density at radius 3 is 2.96 bits per heavy atom. The molecule has 1 atom stereocenters. The van der Waals surface area contributed by atoms with Crippen molar-refractivity contribution >= 4 is 5.97 Å². The molecule has 24 heavy (non-hydrogen) atoms. The Morgan fingerprint density at radius 2 is 2.17 bits per heavy atom. The van der Waals surface area contributed by atoms with Crippen molar-refractivity contribution in [3.63, 3.8) is 0 Å². The Kier molecular flexibility index (Phi) is 5.33. The maximum Gasteiger partial charge on any atom is 0.373 e. The topological polar surface area (TPSA) is 62.9 Å². The Morgan fingerprint density at radius 1 is 1.33 bits per heavy atom. The molecule has 1 heterocycles. The number of esters is 1. The lowest BCUT2D eigenvalue weighted by molar-refractivity contribution is 0.0559. The molecule has 0 spiro atoms. The molecule has 128 valence electrons. The molecule has 0 saturated heterocycles. The first kappa shape index (κ1) is 16.7. The van der Waals surface area contributed by atoms with Crippen molar-refractivity contribution in [1.82, 2.24) is 4.90 Å². The van der Waals surface area contributed by atoms with E-state index in [0.29, 0.717) is 19.0 Å². The highest BCUT2D eigenvalue weighted by molar-refractivity contribution is 5.86. The minimum atomic E-state index is -0.464. The average Bonchev–Trinajstić information content (AvgIpc) is 3.25. The van der Waals surface area contributed by atoms with E-state index in [4.69, 9.17) is 4.42 Å². The summed E-state index contributed by atoms with van der Waals surface area (Å²) in [4.78, 5) is 13.9. The van der Waals surface area contributed by atoms with E-state index < -0.39 is 5.97 Å². The number of carbonyl (C=O) groups excluding carboxylic acids is 1. The summed E-state index contributed by atoms with van der Waals surface area (Å²) in [6, 6.07) is 12.3. The fourth-order valence-corrected chi connectivity index (χ4v) is 3.41. The zero-order valence-corrected chi connectivity index (χ0v) is 13.9. The third-order valence-electron chi connectivity index (χ3n) is 4.55. The molecule has 0 fully saturated rings. The van der Waals surface area contributed by atoms with E-state index in [9.17, 15) is 9.90 Å². The van der Waals surface area contributed by atoms with Crippen molar-refractivity contribution in [3.8, 4) is 0 Å². The van der Waals surface area contributed by atoms with Crippen LogP contribution in [-0.4, -0.2) is 36.2 Å². The van der Waals surface area contributed by atoms with Gasteiger partial charge in [0.05, 0.1) is 13.7 Å². The zero-order valence-electron chi connectivity index (χ0n) is 13.9. The SMILES string of the molecule is COC(=O)c1ccc(CN(CCCO)C2CCc3ccccc32)o1. The molecule has 0 bridgehead atoms. The van der Waals surface area contributed by atoms with Crippen LogP contribution >= 0.6 is 0 Å². The summed E-state index contributed by atoms with van der Waals surface area (Å²) in [5, 5.41) is 9.22. The lowest BCUT2D eigenvalue weighted by Crippen LogP contribution is -2.28. The number of aliphatic hydroxyl groups is 1. The largest absolute Gasteiger partial charge is 0.463 e. The average molecular weight is 329 g/mol. The Hall–Kier alpha value is -2.11. The van der Waals surface area contributed by atoms with Crippen LogP contribution in [0.4, 0.5) is 0 Å². The molecular weight excluding hydrogens is 306 g/mol. The highest BCUT2D eigenvalue weighted by Crippen LogP contribution is 2.36. The van der Waals surface area contributed by atoms with Gasteiger partial charge in [0.1, 0.15) is 5.76 Å². The van der Waals surface area contributed by atoms with E-state index in [0.717, 1.165) is 25.1 Å². The third-order valence-corrected chi connectivity index (χ3v) is 4.55. The summed E-state index contributed by atoms with van der Waals surface area (Å²) >= 11 is 0. The number of ether oxygens (including phenoxy) is 1. The number of aryl methyl sites for hydroxylation is 1. The smallest absolute Gasteiger partial charge is 0.373 e. The number of carbonyl (C=O) groups is 1. The van der Waals surface area contributed by atoms with Crippen LogP contribution in [0.3, 0.4) is 0 Å². The third kappa shape index (κ3) is 3.52. The molecule has 0 saturated carbocycles. The highest BCUT2D eigenvalue weighted by Gasteiger charge is 2.28. The van der Waals surface area contributed by atoms with E-state index in [1.165, 1.54) is 18.2 Å². The minimum Gasteiger partial charge on any atom is -0.463 e. The second-order valence-corrected chi connectivity index (χ2v) is 6.06. The van der Waals surface area contributed by atoms with Crippen LogP contribution in [0, 0.1) is 0 Å². The van der Waals surface area contributed by atoms with Crippen molar-refractivity contribution in [3.05, 3.63) is 59.0 Å². The molecule has 1 aliphatic rings. The van der Waals surface area contributed by atoms with Crippen molar-refractivity contribution < 1.29 is 19.1 Å². The first-order valence-corrected chi connectivity index (χ1v) is 8.32. The fraction of sp³-hybridized carbons (Fsp3) is 0.421. The number of nitrogens with zero attached hydrogens (tertiary/aromatic N) is 1. The standard InChI is InChI=1S/C19H23NO4/c1-23-19(22)18-10-8-15(24-18)13-20(11-4-12-21)17-9-7-14-5-2-3-6-16(14)17/h2-3,5-6,8,10,17,21H,4,7,9,11-13H2,1H3. The number of hydrogen-bond acceptors (Lipinski definition) is 5. The highest BCUT2D eigenvalue weighted by atomic mass is 16.5. The maximum absolute atomic E-state index is 11.5. The molecule has 1 aromatic carbocycles. The van der Waals surface area contributed by atoms with Crippen LogP contribution in [0.5, 0.6) is 0 Å². The van der Waals surface area contributed by atoms with Gasteiger partial charge in [0, 0.05) is 19.2 Å². The quantitative estimate of drug-likeness (QED) is 0.791. The molecule has 1 aliphatic carbocycles. The van der Waals surface area contributed by atoms with Crippen LogP contribution in [0.2, 0.25) is 0 Å². The van der Waals surface area contributed by atoms with Crippen LogP contribution < -0.4 is 0 Å². The summed E-state index contributed by atoms with van der Waals surface area (Å²) in [7, 11) is 1.34. The summed E-state index contributed by atoms with van der Waals surface area (Å²) < 4.78 is 10.3. The van der Waals surface area contributed by atoms with E-state index in [1.807, 2.05) is 6.07 Å². The van der Waals surface area contributed by atoms with Crippen molar-refractivity contribution in [2.45, 2.75) is 31.8 Å². The van der Waals surface area contributed by atoms with Gasteiger partial charge in [-0.3, -0.25) is 4.90 Å². The van der Waals surface area contributed by atoms with E-state index in [1.54, 1.807) is 6.07 Å². The molecular formula is C19H23NO4. The Labute approximate surface area is 141 Å². The van der Waals surface area contributed by atoms with Crippen LogP contribution in [-0.2, 0) is 17.7 Å². The maximum atomic E-state index is 11.5. The molecule has 3 rings (SSSR count). The van der Waals surface area contributed by atoms with Gasteiger partial charge >= 0.3 is 5.97 Å². The summed E-state index contributed by atoms with van der Waals surface area (Å²) in [6.07, 6.45) is 2.85. The second kappa shape index (κ2) is 7.64. The molecule has 0 aliphatic heterocycles. The first-order valence-electron chi connectivity index (χ1n) is 8.32. The summed E-state index contributed by atoms with van der Waals surface area (Å²) in [6.45, 7) is 1.55. The number of hydrogen-bond donors (Lipinski definition) is 1. The van der Waals surface area contributed by atoms with Gasteiger partial charge in [-0.05, 0) is 42.5 Å². The molecule has 0 radical (unpaired) electrons. The Bertz CT molecular complexity index is 694. The fourth-order valence-electron chi connectivity index (χ4n) is 3.41. The number of rotatable bonds is 7. The van der Waals surface area contributed by atoms with Gasteiger partial charge in [0.2, 0.25) is 5.76 Å². The van der Waals surface area contributed by atoms with Gasteiger partial charge in [0.25, 0.3) is 0 Å². The van der Waals surface area contributed by atoms with Crippen LogP contribution in [0.25, 0.3) is 0 Å². The number of methoxy groups -OCH3 is 1. The molecule has 1 aromatic heterocycles. The van der Waals surface area contributed by atoms with E-state index >= 15 is 0 Å². The molecule has 1 N–H and O–H groups in total. The van der Waals surface area contributed by atoms with Gasteiger partial charge in [-0.1, -0.05) is 24.3 Å². The van der Waals surface area contributed by atoms with Crippen LogP contribution in [0.1, 0.15) is 46.3 Å². The lowest BCUT2D eigenvalue weighted by atomic mass is 10.1. The number of benzene rings is 1. The summed E-state index contributed by atoms with van der Waals surface area (Å²) in [5.74, 6) is 0.494. The lowest BCUT2D eigenvalue weighted by Gasteiger charge is -2.28. The Balaban J connectivity index is 1.77. The van der Waals surface area contributed by atoms with Crippen molar-refractivity contribution in [2.75, 3.05) is 20.3 Å². The summed E-state index contributed by atoms with van der Waals surface area (Å²) in [5.41, 5.74) is 2.75. The molecule has 5 heteroatoms. The zero-order chi connectivity index (χ0) is 16.9. The van der Waals surface area contributed by atoms with Crippen LogP contribution in [0.15, 0.2) is 40.8 Å². The predicted molar refractivity (Wildman–Crippen MR) is 89.7 cm³/mol. The van der Waals surface area contributed by atoms with Crippen molar-refractivity contribution in [1.29, 1.82) is 0 Å². The number of fused-ring (bicyclic) bond motifs is 1. The van der Waals surface area contributed by atoms with Gasteiger partial charge < -0.3 is 14.3 Å². The van der Waals surface area contributed by atoms with Crippen molar-refractivity contribution in [2.24, 2.45) is 0 Å². The molecule has 0 amide bonds. The first-order chi connectivity index (χ1) is 11.7. The number of aliphatic hydroxyl groups excluding tert-OH is 1. The number of furan rings is 1. The van der Waals surface area contributed by atoms with E-state index in [-0.39, 0.29) is 12.4 Å².